The molecule has 0 radical (unpaired) electrons. The first-order chi connectivity index (χ1) is 21.6. The predicted molar refractivity (Wildman–Crippen MR) is 164 cm³/mol. The quantitative estimate of drug-likeness (QED) is 0.384. The van der Waals surface area contributed by atoms with Gasteiger partial charge in [-0.1, -0.05) is 31.9 Å². The highest BCUT2D eigenvalue weighted by Crippen LogP contribution is 2.43. The number of nitrogens with zero attached hydrogens (tertiary/aromatic N) is 4. The van der Waals surface area contributed by atoms with Crippen molar-refractivity contribution in [2.24, 2.45) is 0 Å². The van der Waals surface area contributed by atoms with Crippen molar-refractivity contribution in [1.29, 1.82) is 0 Å². The minimum absolute atomic E-state index is 0.155. The van der Waals surface area contributed by atoms with E-state index in [0.717, 1.165) is 81.3 Å². The third-order valence-electron chi connectivity index (χ3n) is 8.73. The summed E-state index contributed by atoms with van der Waals surface area (Å²) in [5, 5.41) is 21.5. The van der Waals surface area contributed by atoms with E-state index < -0.39 is 5.66 Å². The number of carbonyl (C=O) groups excluding carboxylic acids is 1. The zero-order valence-electron chi connectivity index (χ0n) is 27.2. The van der Waals surface area contributed by atoms with Crippen LogP contribution in [-0.2, 0) is 28.4 Å². The minimum atomic E-state index is -0.436. The number of quaternary nitrogens is 1. The molecule has 3 N–H and O–H groups in total. The molecular weight excluding hydrogens is 570 g/mol. The highest BCUT2D eigenvalue weighted by atomic mass is 16.6. The molecule has 2 heterocycles. The first-order valence-electron chi connectivity index (χ1n) is 16.8. The van der Waals surface area contributed by atoms with Crippen molar-refractivity contribution in [3.05, 3.63) is 5.82 Å². The number of nitrogens with one attached hydrogen (secondary N) is 3. The molecule has 254 valence electrons. The second-order valence-corrected chi connectivity index (χ2v) is 11.7. The van der Waals surface area contributed by atoms with Gasteiger partial charge in [-0.2, -0.15) is 5.21 Å². The molecule has 14 heteroatoms. The van der Waals surface area contributed by atoms with Gasteiger partial charge in [-0.05, 0) is 25.7 Å². The fraction of sp³-hybridized carbons (Fsp3) is 0.933. The van der Waals surface area contributed by atoms with E-state index in [9.17, 15) is 4.79 Å². The van der Waals surface area contributed by atoms with E-state index in [4.69, 9.17) is 28.4 Å². The molecule has 3 rings (SSSR count). The maximum atomic E-state index is 13.5. The second kappa shape index (κ2) is 21.7. The Hall–Kier alpha value is -1.94. The van der Waals surface area contributed by atoms with E-state index in [-0.39, 0.29) is 11.9 Å². The van der Waals surface area contributed by atoms with Gasteiger partial charge in [-0.15, -0.1) is 10.2 Å². The fourth-order valence-electron chi connectivity index (χ4n) is 6.25. The maximum Gasteiger partial charge on any atom is 0.319 e. The Balaban J connectivity index is 1.73. The van der Waals surface area contributed by atoms with Crippen LogP contribution in [0.5, 0.6) is 0 Å². The van der Waals surface area contributed by atoms with Gasteiger partial charge in [0.05, 0.1) is 92.4 Å². The molecule has 2 aliphatic rings. The minimum Gasteiger partial charge on any atom is -0.377 e. The van der Waals surface area contributed by atoms with Crippen LogP contribution in [0.4, 0.5) is 4.79 Å². The van der Waals surface area contributed by atoms with Crippen LogP contribution in [0.15, 0.2) is 0 Å². The van der Waals surface area contributed by atoms with E-state index in [0.29, 0.717) is 85.8 Å². The number of rotatable bonds is 7. The van der Waals surface area contributed by atoms with Crippen molar-refractivity contribution in [3.8, 4) is 0 Å². The van der Waals surface area contributed by atoms with Crippen molar-refractivity contribution in [1.82, 2.24) is 31.3 Å². The molecule has 14 nitrogen and oxygen atoms in total. The van der Waals surface area contributed by atoms with Crippen LogP contribution in [0, 0.1) is 0 Å². The van der Waals surface area contributed by atoms with E-state index >= 15 is 0 Å². The Labute approximate surface area is 263 Å². The number of ether oxygens (including phenoxy) is 6. The Morgan fingerprint density at radius 3 is 1.73 bits per heavy atom. The summed E-state index contributed by atoms with van der Waals surface area (Å²) in [7, 11) is 0. The fourth-order valence-corrected chi connectivity index (χ4v) is 6.25. The van der Waals surface area contributed by atoms with E-state index in [1.807, 2.05) is 0 Å². The number of tetrazole rings is 1. The smallest absolute Gasteiger partial charge is 0.319 e. The molecule has 44 heavy (non-hydrogen) atoms. The summed E-state index contributed by atoms with van der Waals surface area (Å²) < 4.78 is 35.0. The summed E-state index contributed by atoms with van der Waals surface area (Å²) in [4.78, 5) is 13.5. The largest absolute Gasteiger partial charge is 0.377 e. The van der Waals surface area contributed by atoms with Gasteiger partial charge < -0.3 is 33.7 Å². The predicted octanol–water partition coefficient (Wildman–Crippen LogP) is 2.38. The first kappa shape index (κ1) is 36.5. The van der Waals surface area contributed by atoms with E-state index in [1.165, 1.54) is 0 Å². The zero-order valence-corrected chi connectivity index (χ0v) is 27.2. The number of H-pyrrole nitrogens is 1. The number of hydrogen-bond donors (Lipinski definition) is 3. The van der Waals surface area contributed by atoms with Crippen LogP contribution in [0.2, 0.25) is 0 Å². The van der Waals surface area contributed by atoms with E-state index in [1.54, 1.807) is 0 Å². The molecule has 2 fully saturated rings. The number of amides is 2. The molecule has 1 saturated carbocycles. The van der Waals surface area contributed by atoms with Gasteiger partial charge in [0.15, 0.2) is 11.5 Å². The number of hydrogen-bond acceptors (Lipinski definition) is 10. The molecule has 0 unspecified atom stereocenters. The molecule has 1 aliphatic heterocycles. The SMILES string of the molecule is CCCC[N+]1(CCCC)CCOCCOCCOCCOCCOCCOCCNC(=O)NC12CCC(c1nn[nH]n1)CC2. The van der Waals surface area contributed by atoms with Crippen LogP contribution in [0.3, 0.4) is 0 Å². The number of carbonyl (C=O) groups is 1. The number of aromatic nitrogens is 4. The van der Waals surface area contributed by atoms with Gasteiger partial charge in [-0.25, -0.2) is 4.79 Å². The molecule has 1 aromatic rings. The molecule has 1 spiro atoms. The topological polar surface area (TPSA) is 151 Å². The van der Waals surface area contributed by atoms with E-state index in [2.05, 4.69) is 45.1 Å². The average molecular weight is 629 g/mol. The summed E-state index contributed by atoms with van der Waals surface area (Å²) >= 11 is 0. The molecule has 1 saturated heterocycles. The van der Waals surface area contributed by atoms with Crippen LogP contribution in [-0.4, -0.2) is 142 Å². The molecule has 0 atom stereocenters. The molecule has 1 aliphatic carbocycles. The standard InChI is InChI=1S/C30H57N7O7/c1-3-5-12-37(13-6-4-2)14-16-40-18-20-42-22-24-44-26-25-43-23-21-41-19-17-39-15-11-31-29(38)32-30(37)9-7-27(8-10-30)28-33-35-36-34-28/h27H,3-26H2,1-2H3,(H2-,31,32,33,34,35,36,38)/p+1. The normalized spacial score (nSPS) is 26.6. The highest BCUT2D eigenvalue weighted by molar-refractivity contribution is 5.74. The van der Waals surface area contributed by atoms with Gasteiger partial charge in [0, 0.05) is 25.3 Å². The van der Waals surface area contributed by atoms with Crippen LogP contribution in [0.25, 0.3) is 0 Å². The van der Waals surface area contributed by atoms with Crippen molar-refractivity contribution < 1.29 is 37.7 Å². The lowest BCUT2D eigenvalue weighted by Crippen LogP contribution is -2.74. The monoisotopic (exact) mass is 628 g/mol. The highest BCUT2D eigenvalue weighted by Gasteiger charge is 2.53. The number of unbranched alkanes of at least 4 members (excludes halogenated alkanes) is 2. The zero-order chi connectivity index (χ0) is 31.2. The lowest BCUT2D eigenvalue weighted by atomic mass is 9.78. The van der Waals surface area contributed by atoms with Gasteiger partial charge in [0.25, 0.3) is 0 Å². The average Bonchev–Trinajstić information content (AvgIpc) is 3.58. The van der Waals surface area contributed by atoms with Crippen molar-refractivity contribution >= 4 is 6.03 Å². The lowest BCUT2D eigenvalue weighted by Gasteiger charge is -2.56. The Morgan fingerprint density at radius 2 is 1.25 bits per heavy atom. The molecule has 1 aromatic heterocycles. The number of urea groups is 1. The molecule has 0 aromatic carbocycles. The van der Waals surface area contributed by atoms with Crippen molar-refractivity contribution in [3.63, 3.8) is 0 Å². The molecular formula is C30H58N7O7+. The van der Waals surface area contributed by atoms with Gasteiger partial charge in [0.2, 0.25) is 0 Å². The third kappa shape index (κ3) is 12.5. The Bertz CT molecular complexity index is 849. The summed E-state index contributed by atoms with van der Waals surface area (Å²) in [5.41, 5.74) is -0.436. The first-order valence-corrected chi connectivity index (χ1v) is 16.8. The summed E-state index contributed by atoms with van der Waals surface area (Å²) in [6, 6.07) is -0.155. The third-order valence-corrected chi connectivity index (χ3v) is 8.73. The van der Waals surface area contributed by atoms with Gasteiger partial charge >= 0.3 is 6.03 Å². The summed E-state index contributed by atoms with van der Waals surface area (Å²) in [5.74, 6) is 0.974. The van der Waals surface area contributed by atoms with Gasteiger partial charge in [0.1, 0.15) is 6.54 Å². The maximum absolute atomic E-state index is 13.5. The summed E-state index contributed by atoms with van der Waals surface area (Å²) in [6.07, 6.45) is 7.74. The van der Waals surface area contributed by atoms with Crippen molar-refractivity contribution in [2.45, 2.75) is 76.8 Å². The number of aromatic amines is 1. The van der Waals surface area contributed by atoms with Crippen molar-refractivity contribution in [2.75, 3.05) is 105 Å². The Kier molecular flexibility index (Phi) is 18.0. The van der Waals surface area contributed by atoms with Crippen LogP contribution >= 0.6 is 0 Å². The second-order valence-electron chi connectivity index (χ2n) is 11.7. The summed E-state index contributed by atoms with van der Waals surface area (Å²) in [6.45, 7) is 13.7. The van der Waals surface area contributed by atoms with Crippen LogP contribution < -0.4 is 10.6 Å². The molecule has 0 bridgehead atoms. The van der Waals surface area contributed by atoms with Crippen LogP contribution in [0.1, 0.15) is 77.0 Å². The molecule has 2 amide bonds. The Morgan fingerprint density at radius 1 is 0.750 bits per heavy atom. The lowest BCUT2D eigenvalue weighted by molar-refractivity contribution is -0.981. The van der Waals surface area contributed by atoms with Gasteiger partial charge in [-0.3, -0.25) is 9.80 Å².